The lowest BCUT2D eigenvalue weighted by Crippen LogP contribution is -2.44. The van der Waals surface area contributed by atoms with Crippen molar-refractivity contribution in [2.45, 2.75) is 19.9 Å². The maximum atomic E-state index is 5.64. The van der Waals surface area contributed by atoms with Crippen LogP contribution in [0.5, 0.6) is 0 Å². The van der Waals surface area contributed by atoms with E-state index in [1.807, 2.05) is 36.4 Å². The van der Waals surface area contributed by atoms with E-state index in [1.165, 1.54) is 0 Å². The van der Waals surface area contributed by atoms with E-state index >= 15 is 0 Å². The first-order chi connectivity index (χ1) is 14.1. The molecule has 5 heterocycles. The number of pyridine rings is 2. The molecule has 5 rings (SSSR count). The third kappa shape index (κ3) is 3.07. The topological polar surface area (TPSA) is 71.9 Å². The summed E-state index contributed by atoms with van der Waals surface area (Å²) in [7, 11) is 1.98. The number of H-pyrrole nitrogens is 1. The smallest absolute Gasteiger partial charge is 0.137 e. The Kier molecular flexibility index (Phi) is 4.32. The summed E-state index contributed by atoms with van der Waals surface area (Å²) in [6.07, 6.45) is 5.65. The summed E-state index contributed by atoms with van der Waals surface area (Å²) >= 11 is 0. The molecular formula is C22H24N6O. The van der Waals surface area contributed by atoms with Crippen LogP contribution in [0.2, 0.25) is 0 Å². The van der Waals surface area contributed by atoms with E-state index in [0.29, 0.717) is 13.2 Å². The van der Waals surface area contributed by atoms with Crippen molar-refractivity contribution in [3.05, 3.63) is 48.4 Å². The summed E-state index contributed by atoms with van der Waals surface area (Å²) in [6.45, 7) is 6.53. The molecule has 7 heteroatoms. The lowest BCUT2D eigenvalue weighted by atomic mass is 10.0. The molecule has 1 unspecified atom stereocenters. The predicted octanol–water partition coefficient (Wildman–Crippen LogP) is 3.56. The van der Waals surface area contributed by atoms with Gasteiger partial charge in [0.25, 0.3) is 0 Å². The molecule has 1 atom stereocenters. The summed E-state index contributed by atoms with van der Waals surface area (Å²) < 4.78 is 7.57. The van der Waals surface area contributed by atoms with Crippen LogP contribution >= 0.6 is 0 Å². The maximum absolute atomic E-state index is 5.64. The number of hydrogen-bond donors (Lipinski definition) is 1. The van der Waals surface area contributed by atoms with Gasteiger partial charge in [-0.1, -0.05) is 0 Å². The third-order valence-corrected chi connectivity index (χ3v) is 5.61. The van der Waals surface area contributed by atoms with Gasteiger partial charge in [-0.3, -0.25) is 4.68 Å². The number of aromatic nitrogens is 5. The molecule has 1 saturated heterocycles. The van der Waals surface area contributed by atoms with Crippen LogP contribution in [0.3, 0.4) is 0 Å². The first-order valence-electron chi connectivity index (χ1n) is 9.90. The highest BCUT2D eigenvalue weighted by Gasteiger charge is 2.23. The molecule has 1 aliphatic heterocycles. The van der Waals surface area contributed by atoms with Crippen LogP contribution in [0, 0.1) is 6.92 Å². The summed E-state index contributed by atoms with van der Waals surface area (Å²) in [5, 5.41) is 5.51. The second-order valence-electron chi connectivity index (χ2n) is 7.61. The van der Waals surface area contributed by atoms with E-state index in [1.54, 1.807) is 0 Å². The Morgan fingerprint density at radius 3 is 2.93 bits per heavy atom. The Hall–Kier alpha value is -3.19. The van der Waals surface area contributed by atoms with Crippen LogP contribution in [0.25, 0.3) is 33.5 Å². The summed E-state index contributed by atoms with van der Waals surface area (Å²) in [5.74, 6) is 0.967. The Labute approximate surface area is 169 Å². The van der Waals surface area contributed by atoms with Crippen molar-refractivity contribution in [3.63, 3.8) is 0 Å². The van der Waals surface area contributed by atoms with Crippen LogP contribution in [0.15, 0.2) is 42.9 Å². The molecule has 29 heavy (non-hydrogen) atoms. The number of aryl methyl sites for hydroxylation is 2. The lowest BCUT2D eigenvalue weighted by Gasteiger charge is -2.34. The minimum absolute atomic E-state index is 0.275. The number of ether oxygens (including phenoxy) is 1. The van der Waals surface area contributed by atoms with Crippen LogP contribution in [-0.2, 0) is 11.8 Å². The quantitative estimate of drug-likeness (QED) is 0.581. The highest BCUT2D eigenvalue weighted by molar-refractivity contribution is 5.93. The van der Waals surface area contributed by atoms with Crippen molar-refractivity contribution in [1.82, 2.24) is 24.7 Å². The fraction of sp³-hybridized carbons (Fsp3) is 0.318. The molecule has 0 bridgehead atoms. The van der Waals surface area contributed by atoms with Crippen molar-refractivity contribution in [2.24, 2.45) is 7.05 Å². The van der Waals surface area contributed by atoms with Crippen LogP contribution in [-0.4, -0.2) is 50.5 Å². The van der Waals surface area contributed by atoms with Gasteiger partial charge in [-0.25, -0.2) is 9.97 Å². The Bertz CT molecular complexity index is 1160. The number of anilines is 1. The summed E-state index contributed by atoms with van der Waals surface area (Å²) in [6, 6.07) is 8.69. The molecule has 4 aromatic heterocycles. The molecule has 0 spiro atoms. The van der Waals surface area contributed by atoms with Crippen LogP contribution in [0.4, 0.5) is 5.82 Å². The van der Waals surface area contributed by atoms with E-state index < -0.39 is 0 Å². The van der Waals surface area contributed by atoms with E-state index in [2.05, 4.69) is 52.0 Å². The minimum Gasteiger partial charge on any atom is -0.377 e. The number of hydrogen-bond acceptors (Lipinski definition) is 5. The van der Waals surface area contributed by atoms with Crippen molar-refractivity contribution in [3.8, 4) is 22.5 Å². The third-order valence-electron chi connectivity index (χ3n) is 5.61. The normalized spacial score (nSPS) is 17.2. The molecule has 1 N–H and O–H groups in total. The monoisotopic (exact) mass is 388 g/mol. The summed E-state index contributed by atoms with van der Waals surface area (Å²) in [5.41, 5.74) is 6.24. The fourth-order valence-corrected chi connectivity index (χ4v) is 4.15. The molecule has 1 fully saturated rings. The molecule has 0 aromatic carbocycles. The zero-order valence-electron chi connectivity index (χ0n) is 16.9. The van der Waals surface area contributed by atoms with Gasteiger partial charge in [0.15, 0.2) is 0 Å². The molecule has 0 saturated carbocycles. The first-order valence-corrected chi connectivity index (χ1v) is 9.90. The average Bonchev–Trinajstić information content (AvgIpc) is 3.34. The molecule has 4 aromatic rings. The molecule has 0 amide bonds. The number of nitrogens with zero attached hydrogens (tertiary/aromatic N) is 5. The molecule has 0 radical (unpaired) electrons. The first kappa shape index (κ1) is 17.9. The predicted molar refractivity (Wildman–Crippen MR) is 114 cm³/mol. The highest BCUT2D eigenvalue weighted by atomic mass is 16.5. The molecule has 148 valence electrons. The largest absolute Gasteiger partial charge is 0.377 e. The fourth-order valence-electron chi connectivity index (χ4n) is 4.15. The van der Waals surface area contributed by atoms with E-state index in [0.717, 1.165) is 51.5 Å². The Morgan fingerprint density at radius 2 is 2.14 bits per heavy atom. The van der Waals surface area contributed by atoms with E-state index in [4.69, 9.17) is 9.72 Å². The number of fused-ring (bicyclic) bond motifs is 1. The van der Waals surface area contributed by atoms with Gasteiger partial charge >= 0.3 is 0 Å². The van der Waals surface area contributed by atoms with Gasteiger partial charge in [0.1, 0.15) is 11.5 Å². The molecule has 0 aliphatic carbocycles. The SMILES string of the molecule is Cc1cnn(C)c1-c1cc(-c2ccnc3[nH]ccc23)nc(N2CCOCC2C)c1. The van der Waals surface area contributed by atoms with E-state index in [9.17, 15) is 0 Å². The summed E-state index contributed by atoms with van der Waals surface area (Å²) in [4.78, 5) is 15.0. The lowest BCUT2D eigenvalue weighted by molar-refractivity contribution is 0.0985. The number of aromatic amines is 1. The van der Waals surface area contributed by atoms with Gasteiger partial charge < -0.3 is 14.6 Å². The zero-order valence-corrected chi connectivity index (χ0v) is 16.9. The zero-order chi connectivity index (χ0) is 20.0. The van der Waals surface area contributed by atoms with E-state index in [-0.39, 0.29) is 6.04 Å². The molecule has 1 aliphatic rings. The van der Waals surface area contributed by atoms with Crippen LogP contribution < -0.4 is 4.90 Å². The number of nitrogens with one attached hydrogen (secondary N) is 1. The van der Waals surface area contributed by atoms with Crippen LogP contribution in [0.1, 0.15) is 12.5 Å². The van der Waals surface area contributed by atoms with Crippen molar-refractivity contribution < 1.29 is 4.74 Å². The Balaban J connectivity index is 1.73. The van der Waals surface area contributed by atoms with Gasteiger partial charge in [0.2, 0.25) is 0 Å². The molecular weight excluding hydrogens is 364 g/mol. The van der Waals surface area contributed by atoms with Gasteiger partial charge in [0, 0.05) is 42.5 Å². The maximum Gasteiger partial charge on any atom is 0.137 e. The van der Waals surface area contributed by atoms with Gasteiger partial charge in [0.05, 0.1) is 36.8 Å². The van der Waals surface area contributed by atoms with Crippen molar-refractivity contribution in [1.29, 1.82) is 0 Å². The van der Waals surface area contributed by atoms with Gasteiger partial charge in [-0.2, -0.15) is 5.10 Å². The minimum atomic E-state index is 0.275. The van der Waals surface area contributed by atoms with Crippen molar-refractivity contribution in [2.75, 3.05) is 24.7 Å². The number of morpholine rings is 1. The highest BCUT2D eigenvalue weighted by Crippen LogP contribution is 2.34. The second-order valence-corrected chi connectivity index (χ2v) is 7.61. The number of rotatable bonds is 3. The second kappa shape index (κ2) is 7.00. The molecule has 7 nitrogen and oxygen atoms in total. The standard InChI is InChI=1S/C22H24N6O/c1-14-12-25-27(3)21(14)16-10-19(17-4-6-23-22-18(17)5-7-24-22)26-20(11-16)28-8-9-29-13-15(28)2/h4-7,10-12,15H,8-9,13H2,1-3H3,(H,23,24). The van der Waals surface area contributed by atoms with Crippen molar-refractivity contribution >= 4 is 16.9 Å². The Morgan fingerprint density at radius 1 is 1.24 bits per heavy atom. The van der Waals surface area contributed by atoms with Gasteiger partial charge in [-0.05, 0) is 43.7 Å². The average molecular weight is 388 g/mol. The van der Waals surface area contributed by atoms with Gasteiger partial charge in [-0.15, -0.1) is 0 Å².